The van der Waals surface area contributed by atoms with E-state index in [4.69, 9.17) is 14.2 Å². The predicted molar refractivity (Wildman–Crippen MR) is 116 cm³/mol. The number of hydrogen-bond donors (Lipinski definition) is 1. The van der Waals surface area contributed by atoms with Crippen molar-refractivity contribution in [1.29, 1.82) is 0 Å². The molecule has 0 aliphatic carbocycles. The minimum atomic E-state index is -0.994. The van der Waals surface area contributed by atoms with Crippen LogP contribution in [0.25, 0.3) is 0 Å². The van der Waals surface area contributed by atoms with Gasteiger partial charge in [0.25, 0.3) is 0 Å². The minimum absolute atomic E-state index is 0.0746. The van der Waals surface area contributed by atoms with Crippen molar-refractivity contribution < 1.29 is 28.6 Å². The van der Waals surface area contributed by atoms with Crippen LogP contribution in [0.1, 0.15) is 24.0 Å². The molecule has 2 amide bonds. The largest absolute Gasteiger partial charge is 0.459 e. The number of alkyl carbamates (subject to hydrolysis) is 1. The summed E-state index contributed by atoms with van der Waals surface area (Å²) in [5.74, 6) is -0.700. The number of ether oxygens (including phenoxy) is 3. The van der Waals surface area contributed by atoms with Gasteiger partial charge in [0.1, 0.15) is 19.3 Å². The molecule has 1 N–H and O–H groups in total. The Balaban J connectivity index is 1.55. The Morgan fingerprint density at radius 1 is 0.875 bits per heavy atom. The lowest BCUT2D eigenvalue weighted by molar-refractivity contribution is -0.147. The van der Waals surface area contributed by atoms with Gasteiger partial charge in [-0.2, -0.15) is 0 Å². The molecule has 0 radical (unpaired) electrons. The molecule has 2 aromatic rings. The SMILES string of the molecule is O=C(N[C@@H](CCC(=O)N1CCOCC1)C(=O)OCc1ccccc1)OCc1ccccc1. The molecule has 1 aliphatic rings. The van der Waals surface area contributed by atoms with Crippen LogP contribution < -0.4 is 5.32 Å². The Bertz CT molecular complexity index is 869. The van der Waals surface area contributed by atoms with Gasteiger partial charge >= 0.3 is 12.1 Å². The number of hydrogen-bond acceptors (Lipinski definition) is 6. The van der Waals surface area contributed by atoms with Gasteiger partial charge in [-0.25, -0.2) is 9.59 Å². The zero-order chi connectivity index (χ0) is 22.6. The predicted octanol–water partition coefficient (Wildman–Crippen LogP) is 2.66. The topological polar surface area (TPSA) is 94.2 Å². The van der Waals surface area contributed by atoms with Gasteiger partial charge in [0, 0.05) is 19.5 Å². The Labute approximate surface area is 187 Å². The molecule has 1 atom stereocenters. The van der Waals surface area contributed by atoms with Crippen LogP contribution in [0.4, 0.5) is 4.79 Å². The second kappa shape index (κ2) is 12.5. The second-order valence-electron chi connectivity index (χ2n) is 7.38. The maximum atomic E-state index is 12.7. The summed E-state index contributed by atoms with van der Waals surface area (Å²) in [5, 5.41) is 2.55. The quantitative estimate of drug-likeness (QED) is 0.603. The molecular formula is C24H28N2O6. The van der Waals surface area contributed by atoms with Crippen LogP contribution in [-0.2, 0) is 37.0 Å². The number of esters is 1. The summed E-state index contributed by atoms with van der Waals surface area (Å²) in [4.78, 5) is 39.1. The van der Waals surface area contributed by atoms with Crippen molar-refractivity contribution in [2.24, 2.45) is 0 Å². The number of rotatable bonds is 9. The van der Waals surface area contributed by atoms with Crippen molar-refractivity contribution in [1.82, 2.24) is 10.2 Å². The molecule has 8 nitrogen and oxygen atoms in total. The summed E-state index contributed by atoms with van der Waals surface area (Å²) in [5.41, 5.74) is 1.66. The highest BCUT2D eigenvalue weighted by atomic mass is 16.6. The maximum absolute atomic E-state index is 12.7. The van der Waals surface area contributed by atoms with Crippen LogP contribution in [0.5, 0.6) is 0 Å². The maximum Gasteiger partial charge on any atom is 0.408 e. The van der Waals surface area contributed by atoms with Gasteiger partial charge in [0.15, 0.2) is 0 Å². The second-order valence-corrected chi connectivity index (χ2v) is 7.38. The summed E-state index contributed by atoms with van der Waals surface area (Å²) >= 11 is 0. The molecule has 170 valence electrons. The van der Waals surface area contributed by atoms with E-state index in [9.17, 15) is 14.4 Å². The summed E-state index contributed by atoms with van der Waals surface area (Å²) in [7, 11) is 0. The highest BCUT2D eigenvalue weighted by molar-refractivity contribution is 5.83. The fourth-order valence-corrected chi connectivity index (χ4v) is 3.22. The summed E-state index contributed by atoms with van der Waals surface area (Å²) < 4.78 is 15.9. The lowest BCUT2D eigenvalue weighted by atomic mass is 10.1. The van der Waals surface area contributed by atoms with Gasteiger partial charge < -0.3 is 24.4 Å². The van der Waals surface area contributed by atoms with E-state index in [2.05, 4.69) is 5.32 Å². The average molecular weight is 440 g/mol. The van der Waals surface area contributed by atoms with Crippen molar-refractivity contribution >= 4 is 18.0 Å². The Morgan fingerprint density at radius 2 is 1.44 bits per heavy atom. The highest BCUT2D eigenvalue weighted by Crippen LogP contribution is 2.09. The number of amides is 2. The van der Waals surface area contributed by atoms with Gasteiger partial charge in [-0.15, -0.1) is 0 Å². The summed E-state index contributed by atoms with van der Waals surface area (Å²) in [6.07, 6.45) is -0.525. The van der Waals surface area contributed by atoms with E-state index in [1.54, 1.807) is 4.90 Å². The Morgan fingerprint density at radius 3 is 2.03 bits per heavy atom. The normalized spacial score (nSPS) is 14.3. The van der Waals surface area contributed by atoms with Gasteiger partial charge in [0.2, 0.25) is 5.91 Å². The lowest BCUT2D eigenvalue weighted by Gasteiger charge is -2.27. The molecule has 1 saturated heterocycles. The van der Waals surface area contributed by atoms with Crippen LogP contribution in [0.15, 0.2) is 60.7 Å². The average Bonchev–Trinajstić information content (AvgIpc) is 2.85. The number of nitrogens with zero attached hydrogens (tertiary/aromatic N) is 1. The van der Waals surface area contributed by atoms with Crippen LogP contribution in [-0.4, -0.2) is 55.2 Å². The van der Waals surface area contributed by atoms with Gasteiger partial charge in [0.05, 0.1) is 13.2 Å². The van der Waals surface area contributed by atoms with Crippen molar-refractivity contribution in [2.75, 3.05) is 26.3 Å². The Hall–Kier alpha value is -3.39. The smallest absolute Gasteiger partial charge is 0.408 e. The van der Waals surface area contributed by atoms with Crippen molar-refractivity contribution in [3.8, 4) is 0 Å². The minimum Gasteiger partial charge on any atom is -0.459 e. The first-order valence-electron chi connectivity index (χ1n) is 10.6. The standard InChI is InChI=1S/C24H28N2O6/c27-22(26-13-15-30-16-14-26)12-11-21(23(28)31-17-19-7-3-1-4-8-19)25-24(29)32-18-20-9-5-2-6-10-20/h1-10,21H,11-18H2,(H,25,29)/t21-/m0/s1. The van der Waals surface area contributed by atoms with Crippen LogP contribution in [0, 0.1) is 0 Å². The first-order valence-corrected chi connectivity index (χ1v) is 10.6. The third-order valence-corrected chi connectivity index (χ3v) is 5.02. The monoisotopic (exact) mass is 440 g/mol. The van der Waals surface area contributed by atoms with Gasteiger partial charge in [-0.05, 0) is 17.5 Å². The van der Waals surface area contributed by atoms with Crippen molar-refractivity contribution in [2.45, 2.75) is 32.1 Å². The molecule has 1 heterocycles. The number of carbonyl (C=O) groups excluding carboxylic acids is 3. The third-order valence-electron chi connectivity index (χ3n) is 5.02. The first-order chi connectivity index (χ1) is 15.6. The molecular weight excluding hydrogens is 412 g/mol. The van der Waals surface area contributed by atoms with Crippen molar-refractivity contribution in [3.05, 3.63) is 71.8 Å². The van der Waals surface area contributed by atoms with E-state index in [0.29, 0.717) is 26.3 Å². The molecule has 0 spiro atoms. The van der Waals surface area contributed by atoms with E-state index < -0.39 is 18.1 Å². The van der Waals surface area contributed by atoms with E-state index in [1.165, 1.54) is 0 Å². The highest BCUT2D eigenvalue weighted by Gasteiger charge is 2.26. The first kappa shape index (κ1) is 23.3. The zero-order valence-electron chi connectivity index (χ0n) is 17.9. The van der Waals surface area contributed by atoms with E-state index >= 15 is 0 Å². The van der Waals surface area contributed by atoms with Crippen LogP contribution in [0.3, 0.4) is 0 Å². The fraction of sp³-hybridized carbons (Fsp3) is 0.375. The molecule has 8 heteroatoms. The Kier molecular flexibility index (Phi) is 9.06. The molecule has 3 rings (SSSR count). The van der Waals surface area contributed by atoms with Crippen LogP contribution in [0.2, 0.25) is 0 Å². The lowest BCUT2D eigenvalue weighted by Crippen LogP contribution is -2.44. The number of benzene rings is 2. The molecule has 0 saturated carbocycles. The van der Waals surface area contributed by atoms with E-state index in [0.717, 1.165) is 11.1 Å². The van der Waals surface area contributed by atoms with E-state index in [1.807, 2.05) is 60.7 Å². The number of carbonyl (C=O) groups is 3. The third kappa shape index (κ3) is 7.70. The van der Waals surface area contributed by atoms with E-state index in [-0.39, 0.29) is 32.0 Å². The number of morpholine rings is 1. The number of nitrogens with one attached hydrogen (secondary N) is 1. The molecule has 0 unspecified atom stereocenters. The summed E-state index contributed by atoms with van der Waals surface area (Å²) in [6, 6.07) is 17.5. The molecule has 0 aromatic heterocycles. The molecule has 1 aliphatic heterocycles. The summed E-state index contributed by atoms with van der Waals surface area (Å²) in [6.45, 7) is 2.19. The van der Waals surface area contributed by atoms with Gasteiger partial charge in [-0.3, -0.25) is 4.79 Å². The molecule has 32 heavy (non-hydrogen) atoms. The molecule has 0 bridgehead atoms. The molecule has 2 aromatic carbocycles. The molecule has 1 fully saturated rings. The van der Waals surface area contributed by atoms with Gasteiger partial charge in [-0.1, -0.05) is 60.7 Å². The van der Waals surface area contributed by atoms with Crippen molar-refractivity contribution in [3.63, 3.8) is 0 Å². The zero-order valence-corrected chi connectivity index (χ0v) is 17.9. The fourth-order valence-electron chi connectivity index (χ4n) is 3.22. The van der Waals surface area contributed by atoms with Crippen LogP contribution >= 0.6 is 0 Å².